The Bertz CT molecular complexity index is 645. The molecule has 6 nitrogen and oxygen atoms in total. The van der Waals surface area contributed by atoms with Gasteiger partial charge in [0, 0.05) is 12.5 Å². The molecule has 1 aromatic carbocycles. The van der Waals surface area contributed by atoms with Crippen LogP contribution in [0.3, 0.4) is 0 Å². The number of aromatic nitrogens is 4. The molecule has 0 spiro atoms. The molecule has 1 heterocycles. The molecule has 0 unspecified atom stereocenters. The van der Waals surface area contributed by atoms with Crippen molar-refractivity contribution in [2.45, 2.75) is 13.0 Å². The first-order valence-corrected chi connectivity index (χ1v) is 5.94. The van der Waals surface area contributed by atoms with E-state index in [4.69, 9.17) is 9.84 Å². The topological polar surface area (TPSA) is 73.1 Å². The second kappa shape index (κ2) is 6.63. The maximum Gasteiger partial charge on any atom is 0.212 e. The minimum atomic E-state index is -0.472. The number of hydrogen-bond donors (Lipinski definition) is 1. The van der Waals surface area contributed by atoms with Crippen LogP contribution in [0.25, 0.3) is 0 Å². The standard InChI is InChI=1S/C13H13FN4O2/c1-18-16-13(15-17-18)9-20-11-6-5-10(12(14)8-11)4-2-3-7-19/h5-6,8,19H,3,7,9H2,1H3. The maximum atomic E-state index is 13.7. The predicted molar refractivity (Wildman–Crippen MR) is 68.1 cm³/mol. The molecule has 0 aliphatic rings. The van der Waals surface area contributed by atoms with E-state index < -0.39 is 5.82 Å². The molecule has 0 saturated heterocycles. The molecule has 0 amide bonds. The van der Waals surface area contributed by atoms with Gasteiger partial charge in [-0.1, -0.05) is 11.8 Å². The fourth-order valence-corrected chi connectivity index (χ4v) is 1.43. The molecule has 0 aliphatic heterocycles. The highest BCUT2D eigenvalue weighted by molar-refractivity contribution is 5.39. The van der Waals surface area contributed by atoms with Crippen molar-refractivity contribution in [1.29, 1.82) is 0 Å². The highest BCUT2D eigenvalue weighted by Crippen LogP contribution is 2.16. The quantitative estimate of drug-likeness (QED) is 0.831. The highest BCUT2D eigenvalue weighted by atomic mass is 19.1. The fraction of sp³-hybridized carbons (Fsp3) is 0.308. The van der Waals surface area contributed by atoms with E-state index in [-0.39, 0.29) is 18.8 Å². The van der Waals surface area contributed by atoms with Gasteiger partial charge in [-0.2, -0.15) is 4.80 Å². The molecule has 104 valence electrons. The van der Waals surface area contributed by atoms with Crippen LogP contribution in [-0.4, -0.2) is 31.9 Å². The summed E-state index contributed by atoms with van der Waals surface area (Å²) >= 11 is 0. The third kappa shape index (κ3) is 3.76. The summed E-state index contributed by atoms with van der Waals surface area (Å²) in [5.41, 5.74) is 0.267. The van der Waals surface area contributed by atoms with E-state index >= 15 is 0 Å². The van der Waals surface area contributed by atoms with Gasteiger partial charge < -0.3 is 9.84 Å². The molecule has 1 aromatic heterocycles. The Balaban J connectivity index is 2.00. The van der Waals surface area contributed by atoms with Gasteiger partial charge in [0.25, 0.3) is 0 Å². The monoisotopic (exact) mass is 276 g/mol. The third-order valence-corrected chi connectivity index (χ3v) is 2.32. The van der Waals surface area contributed by atoms with E-state index in [2.05, 4.69) is 27.3 Å². The smallest absolute Gasteiger partial charge is 0.212 e. The van der Waals surface area contributed by atoms with Crippen molar-refractivity contribution >= 4 is 0 Å². The summed E-state index contributed by atoms with van der Waals surface area (Å²) in [5.74, 6) is 5.61. The molecular formula is C13H13FN4O2. The number of tetrazole rings is 1. The summed E-state index contributed by atoms with van der Waals surface area (Å²) in [6, 6.07) is 4.39. The van der Waals surface area contributed by atoms with E-state index in [0.717, 1.165) is 0 Å². The van der Waals surface area contributed by atoms with E-state index in [9.17, 15) is 4.39 Å². The summed E-state index contributed by atoms with van der Waals surface area (Å²) in [4.78, 5) is 1.32. The number of nitrogens with zero attached hydrogens (tertiary/aromatic N) is 4. The van der Waals surface area contributed by atoms with Crippen LogP contribution in [0.5, 0.6) is 5.75 Å². The van der Waals surface area contributed by atoms with Crippen LogP contribution in [0.2, 0.25) is 0 Å². The van der Waals surface area contributed by atoms with Crippen LogP contribution in [0.1, 0.15) is 17.8 Å². The van der Waals surface area contributed by atoms with Crippen molar-refractivity contribution < 1.29 is 14.2 Å². The van der Waals surface area contributed by atoms with Gasteiger partial charge in [-0.25, -0.2) is 4.39 Å². The van der Waals surface area contributed by atoms with Gasteiger partial charge >= 0.3 is 0 Å². The molecule has 0 fully saturated rings. The van der Waals surface area contributed by atoms with Crippen molar-refractivity contribution in [3.05, 3.63) is 35.4 Å². The molecule has 0 radical (unpaired) electrons. The lowest BCUT2D eigenvalue weighted by atomic mass is 10.2. The van der Waals surface area contributed by atoms with Gasteiger partial charge in [0.1, 0.15) is 11.6 Å². The minimum absolute atomic E-state index is 0.0407. The molecule has 7 heteroatoms. The summed E-state index contributed by atoms with van der Waals surface area (Å²) in [6.07, 6.45) is 0.316. The predicted octanol–water partition coefficient (Wildman–Crippen LogP) is 0.662. The number of hydrogen-bond acceptors (Lipinski definition) is 5. The van der Waals surface area contributed by atoms with E-state index in [1.807, 2.05) is 0 Å². The molecule has 20 heavy (non-hydrogen) atoms. The lowest BCUT2D eigenvalue weighted by molar-refractivity contribution is 0.294. The maximum absolute atomic E-state index is 13.7. The zero-order chi connectivity index (χ0) is 14.4. The van der Waals surface area contributed by atoms with Crippen molar-refractivity contribution in [3.8, 4) is 17.6 Å². The number of aliphatic hydroxyl groups excluding tert-OH is 1. The second-order valence-electron chi connectivity index (χ2n) is 3.90. The largest absolute Gasteiger partial charge is 0.485 e. The minimum Gasteiger partial charge on any atom is -0.485 e. The first-order chi connectivity index (χ1) is 9.69. The first-order valence-electron chi connectivity index (χ1n) is 5.94. The summed E-state index contributed by atoms with van der Waals surface area (Å²) in [7, 11) is 1.65. The Kier molecular flexibility index (Phi) is 4.63. The first kappa shape index (κ1) is 14.0. The van der Waals surface area contributed by atoms with Crippen molar-refractivity contribution in [2.24, 2.45) is 7.05 Å². The number of aryl methyl sites for hydroxylation is 1. The molecule has 0 atom stereocenters. The Morgan fingerprint density at radius 3 is 2.95 bits per heavy atom. The van der Waals surface area contributed by atoms with E-state index in [1.54, 1.807) is 13.1 Å². The van der Waals surface area contributed by atoms with Gasteiger partial charge in [-0.15, -0.1) is 10.2 Å². The Labute approximate surface area is 115 Å². The number of rotatable bonds is 4. The number of aliphatic hydroxyl groups is 1. The highest BCUT2D eigenvalue weighted by Gasteiger charge is 2.05. The average Bonchev–Trinajstić information content (AvgIpc) is 2.85. The number of halogens is 1. The van der Waals surface area contributed by atoms with Crippen LogP contribution >= 0.6 is 0 Å². The number of ether oxygens (including phenoxy) is 1. The van der Waals surface area contributed by atoms with Crippen LogP contribution in [0.15, 0.2) is 18.2 Å². The molecule has 2 aromatic rings. The van der Waals surface area contributed by atoms with Gasteiger partial charge in [0.05, 0.1) is 19.2 Å². The fourth-order valence-electron chi connectivity index (χ4n) is 1.43. The van der Waals surface area contributed by atoms with Crippen LogP contribution in [0, 0.1) is 17.7 Å². The van der Waals surface area contributed by atoms with E-state index in [0.29, 0.717) is 18.0 Å². The van der Waals surface area contributed by atoms with Gasteiger partial charge in [0.2, 0.25) is 5.82 Å². The van der Waals surface area contributed by atoms with Gasteiger partial charge in [-0.05, 0) is 17.3 Å². The molecule has 1 N–H and O–H groups in total. The summed E-state index contributed by atoms with van der Waals surface area (Å²) in [5, 5.41) is 20.0. The van der Waals surface area contributed by atoms with Gasteiger partial charge in [-0.3, -0.25) is 0 Å². The molecular weight excluding hydrogens is 263 g/mol. The molecule has 0 bridgehead atoms. The zero-order valence-corrected chi connectivity index (χ0v) is 10.9. The average molecular weight is 276 g/mol. The third-order valence-electron chi connectivity index (χ3n) is 2.32. The van der Waals surface area contributed by atoms with Crippen LogP contribution in [-0.2, 0) is 13.7 Å². The zero-order valence-electron chi connectivity index (χ0n) is 10.9. The Hall–Kier alpha value is -2.46. The van der Waals surface area contributed by atoms with Crippen molar-refractivity contribution in [1.82, 2.24) is 20.2 Å². The second-order valence-corrected chi connectivity index (χ2v) is 3.90. The Morgan fingerprint density at radius 2 is 2.30 bits per heavy atom. The lowest BCUT2D eigenvalue weighted by Crippen LogP contribution is -1.99. The normalized spacial score (nSPS) is 9.95. The van der Waals surface area contributed by atoms with Crippen molar-refractivity contribution in [3.63, 3.8) is 0 Å². The number of benzene rings is 1. The van der Waals surface area contributed by atoms with E-state index in [1.165, 1.54) is 16.9 Å². The molecule has 2 rings (SSSR count). The van der Waals surface area contributed by atoms with Crippen LogP contribution < -0.4 is 4.74 Å². The lowest BCUT2D eigenvalue weighted by Gasteiger charge is -2.04. The summed E-state index contributed by atoms with van der Waals surface area (Å²) in [6.45, 7) is 0.0732. The molecule has 0 saturated carbocycles. The van der Waals surface area contributed by atoms with Gasteiger partial charge in [0.15, 0.2) is 6.61 Å². The molecule has 0 aliphatic carbocycles. The van der Waals surface area contributed by atoms with Crippen molar-refractivity contribution in [2.75, 3.05) is 6.61 Å². The van der Waals surface area contributed by atoms with Crippen LogP contribution in [0.4, 0.5) is 4.39 Å². The summed E-state index contributed by atoms with van der Waals surface area (Å²) < 4.78 is 19.1. The SMILES string of the molecule is Cn1nnc(COc2ccc(C#CCCO)c(F)c2)n1. The Morgan fingerprint density at radius 1 is 1.45 bits per heavy atom.